The first-order valence-electron chi connectivity index (χ1n) is 14.4. The van der Waals surface area contributed by atoms with Crippen molar-refractivity contribution in [3.63, 3.8) is 0 Å². The highest BCUT2D eigenvalue weighted by molar-refractivity contribution is 6.39. The molecule has 3 rings (SSSR count). The first-order chi connectivity index (χ1) is 18.9. The van der Waals surface area contributed by atoms with Crippen molar-refractivity contribution in [2.24, 2.45) is 16.5 Å². The minimum Gasteiger partial charge on any atom is -0.370 e. The quantitative estimate of drug-likeness (QED) is 0.177. The molecule has 214 valence electrons. The molecular weight excluding hydrogens is 496 g/mol. The second-order valence-corrected chi connectivity index (χ2v) is 10.5. The van der Waals surface area contributed by atoms with E-state index in [1.54, 1.807) is 4.90 Å². The summed E-state index contributed by atoms with van der Waals surface area (Å²) in [6.45, 7) is 1.49. The number of fused-ring (bicyclic) bond motifs is 1. The molecule has 0 aromatic heterocycles. The van der Waals surface area contributed by atoms with Gasteiger partial charge in [0.2, 0.25) is 23.4 Å². The monoisotopic (exact) mass is 540 g/mol. The number of carbonyl (C=O) groups is 4. The van der Waals surface area contributed by atoms with Crippen LogP contribution in [0.4, 0.5) is 0 Å². The number of nitrogens with zero attached hydrogens (tertiary/aromatic N) is 2. The molecule has 2 amide bonds. The third kappa shape index (κ3) is 9.76. The van der Waals surface area contributed by atoms with E-state index < -0.39 is 29.7 Å². The van der Waals surface area contributed by atoms with Gasteiger partial charge in [0.1, 0.15) is 6.04 Å². The first-order valence-corrected chi connectivity index (χ1v) is 14.4. The van der Waals surface area contributed by atoms with Crippen molar-refractivity contribution in [2.45, 2.75) is 95.2 Å². The van der Waals surface area contributed by atoms with Crippen molar-refractivity contribution in [3.05, 3.63) is 35.9 Å². The second kappa shape index (κ2) is 16.0. The Hall–Kier alpha value is -3.27. The molecule has 0 radical (unpaired) electrons. The Labute approximate surface area is 231 Å². The molecule has 10 nitrogen and oxygen atoms in total. The molecule has 1 aromatic carbocycles. The molecular formula is C29H44N6O4. The van der Waals surface area contributed by atoms with E-state index in [9.17, 15) is 19.2 Å². The van der Waals surface area contributed by atoms with Gasteiger partial charge in [0.05, 0.1) is 12.1 Å². The van der Waals surface area contributed by atoms with Crippen molar-refractivity contribution in [1.82, 2.24) is 15.5 Å². The summed E-state index contributed by atoms with van der Waals surface area (Å²) in [6, 6.07) is 8.05. The molecule has 39 heavy (non-hydrogen) atoms. The lowest BCUT2D eigenvalue weighted by Crippen LogP contribution is -2.55. The topological polar surface area (TPSA) is 160 Å². The molecule has 2 aliphatic heterocycles. The lowest BCUT2D eigenvalue weighted by atomic mass is 9.98. The van der Waals surface area contributed by atoms with Crippen molar-refractivity contribution in [2.75, 3.05) is 19.6 Å². The Morgan fingerprint density at radius 1 is 0.923 bits per heavy atom. The highest BCUT2D eigenvalue weighted by Crippen LogP contribution is 2.21. The van der Waals surface area contributed by atoms with Crippen LogP contribution in [-0.4, -0.2) is 72.0 Å². The van der Waals surface area contributed by atoms with E-state index in [4.69, 9.17) is 11.5 Å². The van der Waals surface area contributed by atoms with Gasteiger partial charge in [-0.1, -0.05) is 49.6 Å². The van der Waals surface area contributed by atoms with Crippen LogP contribution in [0.15, 0.2) is 35.3 Å². The number of nitrogens with two attached hydrogens (primary N) is 2. The van der Waals surface area contributed by atoms with Crippen LogP contribution in [0.5, 0.6) is 0 Å². The zero-order chi connectivity index (χ0) is 28.0. The van der Waals surface area contributed by atoms with E-state index in [2.05, 4.69) is 27.8 Å². The van der Waals surface area contributed by atoms with E-state index in [-0.39, 0.29) is 30.6 Å². The Balaban J connectivity index is 1.76. The molecule has 2 fully saturated rings. The number of Topliss-reactive ketones (excluding diaryl/α,β-unsaturated/α-hetero) is 2. The van der Waals surface area contributed by atoms with Crippen LogP contribution in [0.25, 0.3) is 0 Å². The molecule has 0 saturated carbocycles. The van der Waals surface area contributed by atoms with E-state index in [1.807, 2.05) is 18.2 Å². The van der Waals surface area contributed by atoms with Gasteiger partial charge >= 0.3 is 0 Å². The Kier molecular flexibility index (Phi) is 12.4. The SMILES string of the molecule is NC(N)=NCCC[C@@H]1NC(=O)[C@@H]2CCCN2C(=O)[C@@H](CCc2ccccc2)NCCCCCCCC(=O)C1=O. The predicted octanol–water partition coefficient (Wildman–Crippen LogP) is 1.60. The first kappa shape index (κ1) is 30.3. The molecule has 3 atom stereocenters. The van der Waals surface area contributed by atoms with E-state index in [0.29, 0.717) is 51.7 Å². The van der Waals surface area contributed by atoms with Crippen LogP contribution in [0.2, 0.25) is 0 Å². The third-order valence-corrected chi connectivity index (χ3v) is 7.53. The zero-order valence-corrected chi connectivity index (χ0v) is 22.9. The molecule has 2 aliphatic rings. The van der Waals surface area contributed by atoms with Gasteiger partial charge in [-0.3, -0.25) is 24.2 Å². The predicted molar refractivity (Wildman–Crippen MR) is 151 cm³/mol. The van der Waals surface area contributed by atoms with Crippen molar-refractivity contribution >= 4 is 29.3 Å². The number of nitrogens with one attached hydrogen (secondary N) is 2. The van der Waals surface area contributed by atoms with Crippen LogP contribution in [0.3, 0.4) is 0 Å². The summed E-state index contributed by atoms with van der Waals surface area (Å²) in [4.78, 5) is 58.5. The molecule has 0 spiro atoms. The van der Waals surface area contributed by atoms with Gasteiger partial charge in [-0.05, 0) is 63.5 Å². The van der Waals surface area contributed by atoms with Crippen LogP contribution in [-0.2, 0) is 25.6 Å². The summed E-state index contributed by atoms with van der Waals surface area (Å²) in [6.07, 6.45) is 7.81. The van der Waals surface area contributed by atoms with Crippen molar-refractivity contribution in [3.8, 4) is 0 Å². The molecule has 10 heteroatoms. The number of amides is 2. The molecule has 0 bridgehead atoms. The number of aryl methyl sites for hydroxylation is 1. The molecule has 6 N–H and O–H groups in total. The van der Waals surface area contributed by atoms with Gasteiger partial charge in [0.15, 0.2) is 5.96 Å². The van der Waals surface area contributed by atoms with Gasteiger partial charge in [-0.2, -0.15) is 0 Å². The number of hydrogen-bond donors (Lipinski definition) is 4. The molecule has 1 aromatic rings. The maximum Gasteiger partial charge on any atom is 0.243 e. The lowest BCUT2D eigenvalue weighted by Gasteiger charge is -2.30. The fourth-order valence-corrected chi connectivity index (χ4v) is 5.35. The highest BCUT2D eigenvalue weighted by Gasteiger charge is 2.38. The average Bonchev–Trinajstić information content (AvgIpc) is 3.42. The van der Waals surface area contributed by atoms with Gasteiger partial charge in [-0.15, -0.1) is 0 Å². The number of hydrogen-bond acceptors (Lipinski definition) is 6. The largest absolute Gasteiger partial charge is 0.370 e. The Morgan fingerprint density at radius 2 is 1.67 bits per heavy atom. The summed E-state index contributed by atoms with van der Waals surface area (Å²) in [5, 5.41) is 6.27. The summed E-state index contributed by atoms with van der Waals surface area (Å²) in [5.41, 5.74) is 12.0. The average molecular weight is 541 g/mol. The number of rotatable bonds is 7. The minimum absolute atomic E-state index is 0.0501. The zero-order valence-electron chi connectivity index (χ0n) is 22.9. The normalized spacial score (nSPS) is 24.1. The summed E-state index contributed by atoms with van der Waals surface area (Å²) < 4.78 is 0. The van der Waals surface area contributed by atoms with Crippen molar-refractivity contribution < 1.29 is 19.2 Å². The smallest absolute Gasteiger partial charge is 0.243 e. The summed E-state index contributed by atoms with van der Waals surface area (Å²) >= 11 is 0. The number of ketones is 2. The Bertz CT molecular complexity index is 995. The number of carbonyl (C=O) groups excluding carboxylic acids is 4. The third-order valence-electron chi connectivity index (χ3n) is 7.53. The summed E-state index contributed by atoms with van der Waals surface area (Å²) in [7, 11) is 0. The van der Waals surface area contributed by atoms with Crippen molar-refractivity contribution in [1.29, 1.82) is 0 Å². The van der Waals surface area contributed by atoms with Gasteiger partial charge in [0.25, 0.3) is 0 Å². The van der Waals surface area contributed by atoms with Crippen LogP contribution in [0, 0.1) is 0 Å². The lowest BCUT2D eigenvalue weighted by molar-refractivity contribution is -0.142. The van der Waals surface area contributed by atoms with Gasteiger partial charge in [-0.25, -0.2) is 0 Å². The standard InChI is InChI=1S/C29H44N6O4/c30-29(31)33-19-9-13-22-26(37)25(36)15-7-2-1-3-8-18-32-23(17-16-21-11-5-4-6-12-21)28(39)35-20-10-14-24(35)27(38)34-22/h4-6,11-12,22-24,32H,1-3,7-10,13-20H2,(H,34,38)(H4,30,31,33)/t22-,23+,24-/m0/s1. The van der Waals surface area contributed by atoms with E-state index >= 15 is 0 Å². The van der Waals surface area contributed by atoms with Crippen LogP contribution in [0.1, 0.15) is 76.2 Å². The molecule has 2 heterocycles. The minimum atomic E-state index is -0.959. The van der Waals surface area contributed by atoms with Crippen LogP contribution < -0.4 is 22.1 Å². The Morgan fingerprint density at radius 3 is 2.44 bits per heavy atom. The second-order valence-electron chi connectivity index (χ2n) is 10.5. The highest BCUT2D eigenvalue weighted by atomic mass is 16.2. The molecule has 2 saturated heterocycles. The van der Waals surface area contributed by atoms with Gasteiger partial charge in [0, 0.05) is 19.5 Å². The number of guanidine groups is 1. The van der Waals surface area contributed by atoms with E-state index in [0.717, 1.165) is 37.7 Å². The summed E-state index contributed by atoms with van der Waals surface area (Å²) in [5.74, 6) is -1.57. The molecule has 0 aliphatic carbocycles. The van der Waals surface area contributed by atoms with Crippen LogP contribution >= 0.6 is 0 Å². The number of benzene rings is 1. The number of aliphatic imine (C=N–C) groups is 1. The van der Waals surface area contributed by atoms with E-state index in [1.165, 1.54) is 0 Å². The molecule has 0 unspecified atom stereocenters. The fourth-order valence-electron chi connectivity index (χ4n) is 5.35. The maximum absolute atomic E-state index is 13.7. The van der Waals surface area contributed by atoms with Gasteiger partial charge < -0.3 is 27.0 Å². The maximum atomic E-state index is 13.7. The fraction of sp³-hybridized carbons (Fsp3) is 0.621.